The second kappa shape index (κ2) is 6.47. The molecule has 1 fully saturated rings. The van der Waals surface area contributed by atoms with E-state index in [2.05, 4.69) is 17.6 Å². The van der Waals surface area contributed by atoms with E-state index >= 15 is 0 Å². The molecule has 1 saturated carbocycles. The second-order valence-electron chi connectivity index (χ2n) is 5.60. The predicted molar refractivity (Wildman–Crippen MR) is 78.6 cm³/mol. The number of phenolic OH excluding ortho intramolecular Hbond substituents is 1. The Morgan fingerprint density at radius 1 is 1.29 bits per heavy atom. The lowest BCUT2D eigenvalue weighted by Crippen LogP contribution is -2.40. The number of urea groups is 1. The maximum atomic E-state index is 12.0. The van der Waals surface area contributed by atoms with Crippen LogP contribution in [-0.2, 0) is 0 Å². The average molecular weight is 292 g/mol. The number of carboxylic acid groups (broad SMARTS) is 1. The number of carbonyl (C=O) groups is 2. The lowest BCUT2D eigenvalue weighted by molar-refractivity contribution is 0.0697. The van der Waals surface area contributed by atoms with Crippen LogP contribution < -0.4 is 10.6 Å². The third-order valence-corrected chi connectivity index (χ3v) is 3.75. The summed E-state index contributed by atoms with van der Waals surface area (Å²) in [6.07, 6.45) is 4.15. The first-order chi connectivity index (χ1) is 9.95. The highest BCUT2D eigenvalue weighted by atomic mass is 16.4. The van der Waals surface area contributed by atoms with Crippen LogP contribution in [0.3, 0.4) is 0 Å². The van der Waals surface area contributed by atoms with Crippen LogP contribution in [0.2, 0.25) is 0 Å². The Balaban J connectivity index is 2.01. The highest BCUT2D eigenvalue weighted by molar-refractivity contribution is 6.00. The molecule has 1 aliphatic carbocycles. The average Bonchev–Trinajstić information content (AvgIpc) is 2.40. The SMILES string of the molecule is CC1CCCC(NC(=O)Nc2ccc(O)cc2C(=O)O)C1. The summed E-state index contributed by atoms with van der Waals surface area (Å²) in [6.45, 7) is 2.16. The van der Waals surface area contributed by atoms with Crippen molar-refractivity contribution in [2.45, 2.75) is 38.6 Å². The van der Waals surface area contributed by atoms with Gasteiger partial charge in [0.1, 0.15) is 5.75 Å². The number of amides is 2. The van der Waals surface area contributed by atoms with Crippen LogP contribution in [0, 0.1) is 5.92 Å². The zero-order valence-corrected chi connectivity index (χ0v) is 11.9. The number of hydrogen-bond acceptors (Lipinski definition) is 3. The number of phenols is 1. The maximum Gasteiger partial charge on any atom is 0.337 e. The molecule has 0 aliphatic heterocycles. The Bertz CT molecular complexity index is 544. The minimum atomic E-state index is -1.20. The van der Waals surface area contributed by atoms with E-state index in [-0.39, 0.29) is 23.0 Å². The highest BCUT2D eigenvalue weighted by Crippen LogP contribution is 2.24. The van der Waals surface area contributed by atoms with Crippen molar-refractivity contribution in [3.8, 4) is 5.75 Å². The molecule has 0 bridgehead atoms. The number of nitrogens with one attached hydrogen (secondary N) is 2. The lowest BCUT2D eigenvalue weighted by Gasteiger charge is -2.27. The van der Waals surface area contributed by atoms with Gasteiger partial charge in [0.05, 0.1) is 11.3 Å². The number of carboxylic acids is 1. The highest BCUT2D eigenvalue weighted by Gasteiger charge is 2.21. The first kappa shape index (κ1) is 15.2. The molecule has 1 aliphatic rings. The summed E-state index contributed by atoms with van der Waals surface area (Å²) >= 11 is 0. The van der Waals surface area contributed by atoms with Gasteiger partial charge in [-0.15, -0.1) is 0 Å². The summed E-state index contributed by atoms with van der Waals surface area (Å²) in [6, 6.07) is 3.54. The zero-order valence-electron chi connectivity index (χ0n) is 11.9. The van der Waals surface area contributed by atoms with Gasteiger partial charge in [0.15, 0.2) is 0 Å². The topological polar surface area (TPSA) is 98.7 Å². The molecule has 1 aromatic carbocycles. The molecule has 4 N–H and O–H groups in total. The van der Waals surface area contributed by atoms with Gasteiger partial charge in [-0.25, -0.2) is 9.59 Å². The van der Waals surface area contributed by atoms with Crippen LogP contribution in [-0.4, -0.2) is 28.3 Å². The Hall–Kier alpha value is -2.24. The molecule has 114 valence electrons. The van der Waals surface area contributed by atoms with Crippen molar-refractivity contribution >= 4 is 17.7 Å². The van der Waals surface area contributed by atoms with Gasteiger partial charge in [0, 0.05) is 6.04 Å². The van der Waals surface area contributed by atoms with Gasteiger partial charge in [0.25, 0.3) is 0 Å². The first-order valence-corrected chi connectivity index (χ1v) is 7.09. The predicted octanol–water partition coefficient (Wildman–Crippen LogP) is 2.79. The van der Waals surface area contributed by atoms with E-state index in [1.807, 2.05) is 0 Å². The summed E-state index contributed by atoms with van der Waals surface area (Å²) in [5, 5.41) is 23.8. The van der Waals surface area contributed by atoms with E-state index in [0.29, 0.717) is 5.92 Å². The molecular formula is C15H20N2O4. The zero-order chi connectivity index (χ0) is 15.4. The third kappa shape index (κ3) is 4.11. The Kier molecular flexibility index (Phi) is 4.67. The number of rotatable bonds is 3. The molecule has 0 heterocycles. The number of aromatic carboxylic acids is 1. The molecule has 0 spiro atoms. The number of anilines is 1. The van der Waals surface area contributed by atoms with Crippen molar-refractivity contribution in [3.63, 3.8) is 0 Å². The molecule has 6 heteroatoms. The van der Waals surface area contributed by atoms with Gasteiger partial charge in [-0.1, -0.05) is 19.8 Å². The number of carbonyl (C=O) groups excluding carboxylic acids is 1. The molecular weight excluding hydrogens is 272 g/mol. The molecule has 6 nitrogen and oxygen atoms in total. The smallest absolute Gasteiger partial charge is 0.337 e. The minimum absolute atomic E-state index is 0.124. The van der Waals surface area contributed by atoms with Crippen LogP contribution in [0.1, 0.15) is 43.0 Å². The Labute approximate surface area is 123 Å². The fourth-order valence-corrected chi connectivity index (χ4v) is 2.73. The molecule has 0 saturated heterocycles. The summed E-state index contributed by atoms with van der Waals surface area (Å²) in [7, 11) is 0. The monoisotopic (exact) mass is 292 g/mol. The molecule has 1 aromatic rings. The standard InChI is InChI=1S/C15H20N2O4/c1-9-3-2-4-10(7-9)16-15(21)17-13-6-5-11(18)8-12(13)14(19)20/h5-6,8-10,18H,2-4,7H2,1H3,(H,19,20)(H2,16,17,21). The fraction of sp³-hybridized carbons (Fsp3) is 0.467. The lowest BCUT2D eigenvalue weighted by atomic mass is 9.87. The van der Waals surface area contributed by atoms with Gasteiger partial charge in [0.2, 0.25) is 0 Å². The third-order valence-electron chi connectivity index (χ3n) is 3.75. The quantitative estimate of drug-likeness (QED) is 0.644. The molecule has 2 rings (SSSR count). The summed E-state index contributed by atoms with van der Waals surface area (Å²) in [5.41, 5.74) is 0.0313. The van der Waals surface area contributed by atoms with Crippen LogP contribution in [0.5, 0.6) is 5.75 Å². The molecule has 2 amide bonds. The van der Waals surface area contributed by atoms with E-state index in [0.717, 1.165) is 25.3 Å². The molecule has 0 radical (unpaired) electrons. The summed E-state index contributed by atoms with van der Waals surface area (Å²) in [5.74, 6) is -0.765. The van der Waals surface area contributed by atoms with E-state index in [1.54, 1.807) is 0 Å². The van der Waals surface area contributed by atoms with Gasteiger partial charge < -0.3 is 20.8 Å². The van der Waals surface area contributed by atoms with E-state index in [1.165, 1.54) is 18.6 Å². The molecule has 21 heavy (non-hydrogen) atoms. The minimum Gasteiger partial charge on any atom is -0.508 e. The van der Waals surface area contributed by atoms with Gasteiger partial charge in [-0.3, -0.25) is 0 Å². The number of benzene rings is 1. The van der Waals surface area contributed by atoms with Gasteiger partial charge >= 0.3 is 12.0 Å². The number of hydrogen-bond donors (Lipinski definition) is 4. The van der Waals surface area contributed by atoms with Crippen LogP contribution in [0.25, 0.3) is 0 Å². The van der Waals surface area contributed by atoms with Crippen molar-refractivity contribution < 1.29 is 19.8 Å². The Morgan fingerprint density at radius 3 is 2.71 bits per heavy atom. The van der Waals surface area contributed by atoms with Crippen LogP contribution >= 0.6 is 0 Å². The van der Waals surface area contributed by atoms with Crippen molar-refractivity contribution in [2.75, 3.05) is 5.32 Å². The first-order valence-electron chi connectivity index (χ1n) is 7.09. The van der Waals surface area contributed by atoms with E-state index in [9.17, 15) is 14.7 Å². The Morgan fingerprint density at radius 2 is 2.05 bits per heavy atom. The summed E-state index contributed by atoms with van der Waals surface area (Å²) < 4.78 is 0. The summed E-state index contributed by atoms with van der Waals surface area (Å²) in [4.78, 5) is 23.1. The molecule has 0 aromatic heterocycles. The van der Waals surface area contributed by atoms with E-state index in [4.69, 9.17) is 5.11 Å². The largest absolute Gasteiger partial charge is 0.508 e. The van der Waals surface area contributed by atoms with Crippen LogP contribution in [0.4, 0.5) is 10.5 Å². The van der Waals surface area contributed by atoms with Gasteiger partial charge in [-0.05, 0) is 37.0 Å². The second-order valence-corrected chi connectivity index (χ2v) is 5.60. The number of aromatic hydroxyl groups is 1. The normalized spacial score (nSPS) is 21.6. The van der Waals surface area contributed by atoms with Crippen molar-refractivity contribution in [2.24, 2.45) is 5.92 Å². The van der Waals surface area contributed by atoms with E-state index < -0.39 is 12.0 Å². The maximum absolute atomic E-state index is 12.0. The van der Waals surface area contributed by atoms with Crippen molar-refractivity contribution in [1.29, 1.82) is 0 Å². The van der Waals surface area contributed by atoms with Crippen molar-refractivity contribution in [1.82, 2.24) is 5.32 Å². The van der Waals surface area contributed by atoms with Crippen LogP contribution in [0.15, 0.2) is 18.2 Å². The fourth-order valence-electron chi connectivity index (χ4n) is 2.73. The van der Waals surface area contributed by atoms with Gasteiger partial charge in [-0.2, -0.15) is 0 Å². The molecule has 2 unspecified atom stereocenters. The molecule has 2 atom stereocenters. The van der Waals surface area contributed by atoms with Crippen molar-refractivity contribution in [3.05, 3.63) is 23.8 Å².